The quantitative estimate of drug-likeness (QED) is 0.443. The summed E-state index contributed by atoms with van der Waals surface area (Å²) in [6.45, 7) is 3.78. The van der Waals surface area contributed by atoms with Gasteiger partial charge in [-0.1, -0.05) is 13.8 Å². The van der Waals surface area contributed by atoms with E-state index in [2.05, 4.69) is 9.98 Å². The lowest BCUT2D eigenvalue weighted by molar-refractivity contribution is -0.152. The Hall–Kier alpha value is -2.22. The van der Waals surface area contributed by atoms with Crippen LogP contribution in [0.4, 0.5) is 5.82 Å². The predicted octanol–water partition coefficient (Wildman–Crippen LogP) is 1.34. The van der Waals surface area contributed by atoms with Crippen LogP contribution in [0.5, 0.6) is 0 Å². The molecule has 1 saturated heterocycles. The van der Waals surface area contributed by atoms with Gasteiger partial charge in [0.15, 0.2) is 5.82 Å². The van der Waals surface area contributed by atoms with E-state index in [1.54, 1.807) is 37.3 Å². The Morgan fingerprint density at radius 2 is 2.29 bits per heavy atom. The highest BCUT2D eigenvalue weighted by molar-refractivity contribution is 5.71. The maximum Gasteiger partial charge on any atom is 0.351 e. The van der Waals surface area contributed by atoms with Gasteiger partial charge in [-0.15, -0.1) is 0 Å². The molecule has 8 heteroatoms. The molecule has 0 N–H and O–H groups in total. The van der Waals surface area contributed by atoms with Gasteiger partial charge in [-0.25, -0.2) is 9.79 Å². The second-order valence-corrected chi connectivity index (χ2v) is 6.26. The van der Waals surface area contributed by atoms with Crippen LogP contribution in [0.25, 0.3) is 0 Å². The van der Waals surface area contributed by atoms with Crippen molar-refractivity contribution in [3.05, 3.63) is 22.7 Å². The van der Waals surface area contributed by atoms with Crippen LogP contribution in [0.2, 0.25) is 0 Å². The van der Waals surface area contributed by atoms with Gasteiger partial charge in [0.2, 0.25) is 0 Å². The molecule has 2 rings (SSSR count). The molecule has 0 aliphatic carbocycles. The molecule has 0 spiro atoms. The lowest BCUT2D eigenvalue weighted by Gasteiger charge is -2.16. The molecule has 1 aromatic rings. The molecule has 1 aliphatic rings. The number of carbonyl (C=O) groups is 1. The molecular weight excluding hydrogens is 312 g/mol. The highest BCUT2D eigenvalue weighted by Gasteiger charge is 2.28. The molecular formula is C16H24N4O4. The Morgan fingerprint density at radius 1 is 1.54 bits per heavy atom. The summed E-state index contributed by atoms with van der Waals surface area (Å²) < 4.78 is 12.4. The summed E-state index contributed by atoms with van der Waals surface area (Å²) in [5, 5.41) is 0. The van der Waals surface area contributed by atoms with Gasteiger partial charge >= 0.3 is 11.7 Å². The van der Waals surface area contributed by atoms with E-state index < -0.39 is 5.69 Å². The topological polar surface area (TPSA) is 86.0 Å². The SMILES string of the molecule is CC(C)C(=O)OC[C@@H]1CC[C@H](n2ccc(N=CN(C)C)nc2=O)O1. The van der Waals surface area contributed by atoms with Crippen LogP contribution in [-0.2, 0) is 14.3 Å². The van der Waals surface area contributed by atoms with Gasteiger partial charge in [0.25, 0.3) is 0 Å². The predicted molar refractivity (Wildman–Crippen MR) is 89.3 cm³/mol. The fourth-order valence-corrected chi connectivity index (χ4v) is 2.23. The van der Waals surface area contributed by atoms with Crippen molar-refractivity contribution in [2.45, 2.75) is 39.0 Å². The van der Waals surface area contributed by atoms with Gasteiger partial charge in [-0.2, -0.15) is 4.98 Å². The first-order valence-corrected chi connectivity index (χ1v) is 7.98. The Bertz CT molecular complexity index is 654. The van der Waals surface area contributed by atoms with E-state index in [0.717, 1.165) is 6.42 Å². The minimum atomic E-state index is -0.409. The Morgan fingerprint density at radius 3 is 2.92 bits per heavy atom. The molecule has 0 unspecified atom stereocenters. The molecule has 2 heterocycles. The van der Waals surface area contributed by atoms with Crippen molar-refractivity contribution >= 4 is 18.1 Å². The summed E-state index contributed by atoms with van der Waals surface area (Å²) in [4.78, 5) is 33.4. The van der Waals surface area contributed by atoms with Gasteiger partial charge in [0.1, 0.15) is 12.8 Å². The number of nitrogens with zero attached hydrogens (tertiary/aromatic N) is 4. The molecule has 0 aromatic carbocycles. The maximum absolute atomic E-state index is 12.1. The molecule has 2 atom stereocenters. The smallest absolute Gasteiger partial charge is 0.351 e. The van der Waals surface area contributed by atoms with Gasteiger partial charge in [-0.05, 0) is 18.9 Å². The molecule has 0 bridgehead atoms. The fraction of sp³-hybridized carbons (Fsp3) is 0.625. The van der Waals surface area contributed by atoms with Crippen molar-refractivity contribution in [3.8, 4) is 0 Å². The van der Waals surface area contributed by atoms with E-state index in [1.807, 2.05) is 14.1 Å². The zero-order valence-corrected chi connectivity index (χ0v) is 14.5. The highest BCUT2D eigenvalue weighted by Crippen LogP contribution is 2.27. The Kier molecular flexibility index (Phi) is 6.08. The maximum atomic E-state index is 12.1. The van der Waals surface area contributed by atoms with Gasteiger partial charge in [0, 0.05) is 20.3 Å². The van der Waals surface area contributed by atoms with E-state index >= 15 is 0 Å². The Balaban J connectivity index is 1.96. The van der Waals surface area contributed by atoms with E-state index in [0.29, 0.717) is 12.2 Å². The molecule has 1 fully saturated rings. The third-order valence-corrected chi connectivity index (χ3v) is 3.51. The molecule has 1 aliphatic heterocycles. The van der Waals surface area contributed by atoms with Crippen molar-refractivity contribution in [2.75, 3.05) is 20.7 Å². The van der Waals surface area contributed by atoms with Crippen LogP contribution in [0.1, 0.15) is 32.9 Å². The molecule has 0 amide bonds. The summed E-state index contributed by atoms with van der Waals surface area (Å²) in [6.07, 6.45) is 4.02. The standard InChI is InChI=1S/C16H24N4O4/c1-11(2)15(21)23-9-12-5-6-14(24-12)20-8-7-13(18-16(20)22)17-10-19(3)4/h7-8,10-12,14H,5-6,9H2,1-4H3/t12-,14+/m0/s1. The average Bonchev–Trinajstić information content (AvgIpc) is 2.99. The van der Waals surface area contributed by atoms with Crippen LogP contribution in [-0.4, -0.2) is 53.6 Å². The lowest BCUT2D eigenvalue weighted by Crippen LogP contribution is -2.27. The summed E-state index contributed by atoms with van der Waals surface area (Å²) in [7, 11) is 3.67. The fourth-order valence-electron chi connectivity index (χ4n) is 2.23. The van der Waals surface area contributed by atoms with Crippen LogP contribution in [0, 0.1) is 5.92 Å². The second-order valence-electron chi connectivity index (χ2n) is 6.26. The van der Waals surface area contributed by atoms with E-state index in [9.17, 15) is 9.59 Å². The Labute approximate surface area is 141 Å². The summed E-state index contributed by atoms with van der Waals surface area (Å²) in [5.41, 5.74) is -0.409. The molecule has 1 aromatic heterocycles. The first-order valence-electron chi connectivity index (χ1n) is 7.98. The van der Waals surface area contributed by atoms with E-state index in [1.165, 1.54) is 4.57 Å². The number of rotatable bonds is 6. The summed E-state index contributed by atoms with van der Waals surface area (Å²) in [5.74, 6) is -0.0568. The summed E-state index contributed by atoms with van der Waals surface area (Å²) >= 11 is 0. The van der Waals surface area contributed by atoms with Crippen molar-refractivity contribution in [1.82, 2.24) is 14.5 Å². The molecule has 8 nitrogen and oxygen atoms in total. The highest BCUT2D eigenvalue weighted by atomic mass is 16.6. The third kappa shape index (κ3) is 4.89. The minimum absolute atomic E-state index is 0.163. The largest absolute Gasteiger partial charge is 0.463 e. The molecule has 0 radical (unpaired) electrons. The molecule has 24 heavy (non-hydrogen) atoms. The van der Waals surface area contributed by atoms with Crippen LogP contribution < -0.4 is 5.69 Å². The number of aromatic nitrogens is 2. The number of ether oxygens (including phenoxy) is 2. The van der Waals surface area contributed by atoms with Gasteiger partial charge in [0.05, 0.1) is 18.4 Å². The van der Waals surface area contributed by atoms with Gasteiger partial charge in [-0.3, -0.25) is 9.36 Å². The number of hydrogen-bond acceptors (Lipinski definition) is 6. The third-order valence-electron chi connectivity index (χ3n) is 3.51. The average molecular weight is 336 g/mol. The monoisotopic (exact) mass is 336 g/mol. The normalized spacial score (nSPS) is 20.7. The van der Waals surface area contributed by atoms with Crippen molar-refractivity contribution in [1.29, 1.82) is 0 Å². The number of carbonyl (C=O) groups excluding carboxylic acids is 1. The van der Waals surface area contributed by atoms with Crippen molar-refractivity contribution in [3.63, 3.8) is 0 Å². The van der Waals surface area contributed by atoms with Gasteiger partial charge < -0.3 is 14.4 Å². The number of aliphatic imine (C=N–C) groups is 1. The first kappa shape index (κ1) is 18.1. The first-order chi connectivity index (χ1) is 11.4. The van der Waals surface area contributed by atoms with E-state index in [4.69, 9.17) is 9.47 Å². The van der Waals surface area contributed by atoms with Crippen molar-refractivity contribution in [2.24, 2.45) is 10.9 Å². The second kappa shape index (κ2) is 8.05. The van der Waals surface area contributed by atoms with Crippen LogP contribution >= 0.6 is 0 Å². The zero-order chi connectivity index (χ0) is 17.7. The molecule has 132 valence electrons. The van der Waals surface area contributed by atoms with Crippen LogP contribution in [0.15, 0.2) is 22.1 Å². The zero-order valence-electron chi connectivity index (χ0n) is 14.5. The number of esters is 1. The minimum Gasteiger partial charge on any atom is -0.463 e. The number of hydrogen-bond donors (Lipinski definition) is 0. The summed E-state index contributed by atoms with van der Waals surface area (Å²) in [6, 6.07) is 1.66. The van der Waals surface area contributed by atoms with E-state index in [-0.39, 0.29) is 30.8 Å². The molecule has 0 saturated carbocycles. The van der Waals surface area contributed by atoms with Crippen molar-refractivity contribution < 1.29 is 14.3 Å². The van der Waals surface area contributed by atoms with Crippen LogP contribution in [0.3, 0.4) is 0 Å². The lowest BCUT2D eigenvalue weighted by atomic mass is 10.2.